The summed E-state index contributed by atoms with van der Waals surface area (Å²) in [5.41, 5.74) is 6.19. The number of carbonyl (C=O) groups is 3. The van der Waals surface area contributed by atoms with Crippen molar-refractivity contribution in [2.75, 3.05) is 6.54 Å². The zero-order chi connectivity index (χ0) is 18.7. The molecule has 0 spiro atoms. The number of benzene rings is 1. The van der Waals surface area contributed by atoms with Gasteiger partial charge in [0, 0.05) is 0 Å². The van der Waals surface area contributed by atoms with Crippen LogP contribution >= 0.6 is 0 Å². The van der Waals surface area contributed by atoms with Crippen molar-refractivity contribution in [2.24, 2.45) is 5.73 Å². The fraction of sp³-hybridized carbons (Fsp3) is 0.471. The minimum atomic E-state index is -1.12. The first-order valence-electron chi connectivity index (χ1n) is 8.14. The van der Waals surface area contributed by atoms with Crippen LogP contribution in [-0.4, -0.2) is 41.7 Å². The van der Waals surface area contributed by atoms with Gasteiger partial charge in [0.25, 0.3) is 0 Å². The monoisotopic (exact) mass is 351 g/mol. The van der Waals surface area contributed by atoms with Crippen LogP contribution < -0.4 is 16.4 Å². The number of carboxylic acids is 1. The third kappa shape index (κ3) is 8.16. The molecule has 0 saturated carbocycles. The summed E-state index contributed by atoms with van der Waals surface area (Å²) >= 11 is 0. The number of amides is 2. The average molecular weight is 351 g/mol. The molecular formula is C17H25N3O5. The summed E-state index contributed by atoms with van der Waals surface area (Å²) in [5.74, 6) is -1.71. The molecular weight excluding hydrogens is 326 g/mol. The Balaban J connectivity index is 2.40. The third-order valence-corrected chi connectivity index (χ3v) is 3.50. The molecule has 25 heavy (non-hydrogen) atoms. The Kier molecular flexibility index (Phi) is 9.02. The molecule has 5 N–H and O–H groups in total. The van der Waals surface area contributed by atoms with E-state index in [-0.39, 0.29) is 13.0 Å². The first-order chi connectivity index (χ1) is 11.9. The van der Waals surface area contributed by atoms with E-state index in [2.05, 4.69) is 10.6 Å². The number of nitrogens with two attached hydrogens (primary N) is 1. The summed E-state index contributed by atoms with van der Waals surface area (Å²) in [6, 6.07) is 7.18. The zero-order valence-electron chi connectivity index (χ0n) is 14.2. The van der Waals surface area contributed by atoms with E-state index in [0.717, 1.165) is 5.56 Å². The predicted octanol–water partition coefficient (Wildman–Crippen LogP) is 1.000. The van der Waals surface area contributed by atoms with Gasteiger partial charge >= 0.3 is 12.1 Å². The second kappa shape index (κ2) is 11.0. The van der Waals surface area contributed by atoms with Gasteiger partial charge in [-0.15, -0.1) is 0 Å². The van der Waals surface area contributed by atoms with Gasteiger partial charge in [-0.1, -0.05) is 30.3 Å². The second-order valence-corrected chi connectivity index (χ2v) is 5.61. The van der Waals surface area contributed by atoms with Crippen molar-refractivity contribution in [3.63, 3.8) is 0 Å². The maximum atomic E-state index is 12.0. The van der Waals surface area contributed by atoms with E-state index in [1.54, 1.807) is 0 Å². The predicted molar refractivity (Wildman–Crippen MR) is 91.7 cm³/mol. The topological polar surface area (TPSA) is 131 Å². The Hall–Kier alpha value is -2.61. The van der Waals surface area contributed by atoms with Gasteiger partial charge in [0.15, 0.2) is 0 Å². The molecule has 2 atom stereocenters. The molecule has 0 aromatic heterocycles. The van der Waals surface area contributed by atoms with Crippen molar-refractivity contribution in [1.82, 2.24) is 10.6 Å². The van der Waals surface area contributed by atoms with Gasteiger partial charge in [-0.2, -0.15) is 0 Å². The number of hydrogen-bond acceptors (Lipinski definition) is 5. The highest BCUT2D eigenvalue weighted by molar-refractivity contribution is 5.88. The fourth-order valence-electron chi connectivity index (χ4n) is 2.05. The van der Waals surface area contributed by atoms with Crippen LogP contribution in [-0.2, 0) is 20.9 Å². The molecule has 0 aliphatic carbocycles. The van der Waals surface area contributed by atoms with Crippen molar-refractivity contribution >= 4 is 18.0 Å². The van der Waals surface area contributed by atoms with Crippen molar-refractivity contribution in [1.29, 1.82) is 0 Å². The Morgan fingerprint density at radius 3 is 2.44 bits per heavy atom. The number of rotatable bonds is 10. The molecule has 138 valence electrons. The maximum absolute atomic E-state index is 12.0. The van der Waals surface area contributed by atoms with Crippen LogP contribution in [0, 0.1) is 0 Å². The van der Waals surface area contributed by atoms with Gasteiger partial charge < -0.3 is 26.2 Å². The van der Waals surface area contributed by atoms with E-state index in [1.807, 2.05) is 30.3 Å². The largest absolute Gasteiger partial charge is 0.480 e. The number of carbonyl (C=O) groups excluding carboxylic acids is 2. The molecule has 8 heteroatoms. The highest BCUT2D eigenvalue weighted by Gasteiger charge is 2.23. The number of nitrogens with one attached hydrogen (secondary N) is 2. The highest BCUT2D eigenvalue weighted by Crippen LogP contribution is 2.03. The molecule has 1 aromatic rings. The number of carboxylic acid groups (broad SMARTS) is 1. The van der Waals surface area contributed by atoms with E-state index < -0.39 is 30.1 Å². The molecule has 0 bridgehead atoms. The van der Waals surface area contributed by atoms with Gasteiger partial charge in [-0.25, -0.2) is 9.59 Å². The molecule has 0 heterocycles. The standard InChI is InChI=1S/C17H25N3O5/c1-12(15(21)20-14(16(22)23)9-5-6-10-18)19-17(24)25-11-13-7-3-2-4-8-13/h2-4,7-8,12,14H,5-6,9-11,18H2,1H3,(H,19,24)(H,20,21)(H,22,23). The van der Waals surface area contributed by atoms with Gasteiger partial charge in [0.1, 0.15) is 18.7 Å². The van der Waals surface area contributed by atoms with Crippen LogP contribution in [0.1, 0.15) is 31.7 Å². The van der Waals surface area contributed by atoms with Crippen molar-refractivity contribution in [2.45, 2.75) is 44.9 Å². The van der Waals surface area contributed by atoms with Gasteiger partial charge in [-0.3, -0.25) is 4.79 Å². The lowest BCUT2D eigenvalue weighted by molar-refractivity contribution is -0.142. The lowest BCUT2D eigenvalue weighted by atomic mass is 10.1. The lowest BCUT2D eigenvalue weighted by Crippen LogP contribution is -2.50. The zero-order valence-corrected chi connectivity index (χ0v) is 14.2. The van der Waals surface area contributed by atoms with Crippen LogP contribution in [0.2, 0.25) is 0 Å². The minimum absolute atomic E-state index is 0.0812. The highest BCUT2D eigenvalue weighted by atomic mass is 16.5. The van der Waals surface area contributed by atoms with E-state index in [4.69, 9.17) is 15.6 Å². The number of alkyl carbamates (subject to hydrolysis) is 1. The molecule has 0 aliphatic heterocycles. The van der Waals surface area contributed by atoms with Crippen molar-refractivity contribution in [3.8, 4) is 0 Å². The third-order valence-electron chi connectivity index (χ3n) is 3.50. The van der Waals surface area contributed by atoms with Gasteiger partial charge in [0.2, 0.25) is 5.91 Å². The maximum Gasteiger partial charge on any atom is 0.408 e. The number of ether oxygens (including phenoxy) is 1. The summed E-state index contributed by atoms with van der Waals surface area (Å²) in [6.45, 7) is 2.00. The molecule has 1 aromatic carbocycles. The van der Waals surface area contributed by atoms with Crippen LogP contribution in [0.15, 0.2) is 30.3 Å². The van der Waals surface area contributed by atoms with Crippen LogP contribution in [0.4, 0.5) is 4.79 Å². The summed E-state index contributed by atoms with van der Waals surface area (Å²) in [4.78, 5) is 34.9. The van der Waals surface area contributed by atoms with Gasteiger partial charge in [-0.05, 0) is 38.3 Å². The fourth-order valence-corrected chi connectivity index (χ4v) is 2.05. The van der Waals surface area contributed by atoms with E-state index in [0.29, 0.717) is 19.4 Å². The average Bonchev–Trinajstić information content (AvgIpc) is 2.59. The Morgan fingerprint density at radius 2 is 1.84 bits per heavy atom. The first-order valence-corrected chi connectivity index (χ1v) is 8.14. The van der Waals surface area contributed by atoms with Crippen LogP contribution in [0.25, 0.3) is 0 Å². The molecule has 2 unspecified atom stereocenters. The summed E-state index contributed by atoms with van der Waals surface area (Å²) in [7, 11) is 0. The smallest absolute Gasteiger partial charge is 0.408 e. The molecule has 1 rings (SSSR count). The molecule has 0 saturated heterocycles. The second-order valence-electron chi connectivity index (χ2n) is 5.61. The van der Waals surface area contributed by atoms with E-state index in [9.17, 15) is 14.4 Å². The Morgan fingerprint density at radius 1 is 1.16 bits per heavy atom. The SMILES string of the molecule is CC(NC(=O)OCc1ccccc1)C(=O)NC(CCCCN)C(=O)O. The quantitative estimate of drug-likeness (QED) is 0.465. The lowest BCUT2D eigenvalue weighted by Gasteiger charge is -2.18. The molecule has 0 fully saturated rings. The molecule has 8 nitrogen and oxygen atoms in total. The number of hydrogen-bond donors (Lipinski definition) is 4. The minimum Gasteiger partial charge on any atom is -0.480 e. The summed E-state index contributed by atoms with van der Waals surface area (Å²) < 4.78 is 5.02. The first kappa shape index (κ1) is 20.4. The molecule has 2 amide bonds. The molecule has 0 radical (unpaired) electrons. The number of unbranched alkanes of at least 4 members (excludes halogenated alkanes) is 1. The van der Waals surface area contributed by atoms with Gasteiger partial charge in [0.05, 0.1) is 0 Å². The summed E-state index contributed by atoms with van der Waals surface area (Å²) in [5, 5.41) is 13.9. The Bertz CT molecular complexity index is 565. The van der Waals surface area contributed by atoms with E-state index >= 15 is 0 Å². The van der Waals surface area contributed by atoms with Crippen LogP contribution in [0.3, 0.4) is 0 Å². The van der Waals surface area contributed by atoms with E-state index in [1.165, 1.54) is 6.92 Å². The Labute approximate surface area is 146 Å². The normalized spacial score (nSPS) is 12.7. The van der Waals surface area contributed by atoms with Crippen molar-refractivity contribution in [3.05, 3.63) is 35.9 Å². The molecule has 0 aliphatic rings. The number of aliphatic carboxylic acids is 1. The summed E-state index contributed by atoms with van der Waals surface area (Å²) in [6.07, 6.45) is 0.804. The van der Waals surface area contributed by atoms with Crippen LogP contribution in [0.5, 0.6) is 0 Å². The van der Waals surface area contributed by atoms with Crippen molar-refractivity contribution < 1.29 is 24.2 Å².